The Morgan fingerprint density at radius 2 is 1.80 bits per heavy atom. The summed E-state index contributed by atoms with van der Waals surface area (Å²) in [7, 11) is 1.44. The molecule has 0 radical (unpaired) electrons. The Kier molecular flexibility index (Phi) is 9.67. The monoisotopic (exact) mass is 431 g/mol. The third-order valence-corrected chi connectivity index (χ3v) is 3.43. The largest absolute Gasteiger partial charge is 0.480 e. The number of aliphatic carboxylic acids is 1. The van der Waals surface area contributed by atoms with E-state index in [1.54, 1.807) is 23.5 Å². The molecule has 0 bridgehead atoms. The van der Waals surface area contributed by atoms with Gasteiger partial charge >= 0.3 is 18.0 Å². The average molecular weight is 431 g/mol. The van der Waals surface area contributed by atoms with Crippen molar-refractivity contribution in [2.24, 2.45) is 0 Å². The Hall–Kier alpha value is -2.72. The number of alkyl carbamates (subject to hydrolysis) is 1. The zero-order valence-corrected chi connectivity index (χ0v) is 17.3. The summed E-state index contributed by atoms with van der Waals surface area (Å²) < 4.78 is 50.0. The number of hydrogen-bond acceptors (Lipinski definition) is 6. The Morgan fingerprint density at radius 1 is 1.17 bits per heavy atom. The number of carbonyl (C=O) groups is 2. The van der Waals surface area contributed by atoms with Crippen molar-refractivity contribution in [2.45, 2.75) is 38.3 Å². The van der Waals surface area contributed by atoms with Gasteiger partial charge in [0.05, 0.1) is 13.2 Å². The van der Waals surface area contributed by atoms with Gasteiger partial charge in [-0.1, -0.05) is 30.3 Å². The van der Waals surface area contributed by atoms with Crippen LogP contribution in [-0.2, 0) is 23.7 Å². The number of amides is 1. The summed E-state index contributed by atoms with van der Waals surface area (Å²) in [6, 6.07) is 5.34. The Labute approximate surface area is 173 Å². The van der Waals surface area contributed by atoms with Crippen LogP contribution in [0.25, 0.3) is 6.08 Å². The molecular formula is C20H27F2NO7. The number of benzene rings is 1. The van der Waals surface area contributed by atoms with Crippen LogP contribution in [0.2, 0.25) is 0 Å². The van der Waals surface area contributed by atoms with Crippen LogP contribution in [-0.4, -0.2) is 61.9 Å². The molecule has 1 aromatic rings. The number of hydrogen-bond donors (Lipinski definition) is 2. The number of carbonyl (C=O) groups excluding carboxylic acids is 1. The third kappa shape index (κ3) is 8.75. The molecule has 0 aliphatic heterocycles. The second kappa shape index (κ2) is 11.5. The van der Waals surface area contributed by atoms with Crippen molar-refractivity contribution in [3.05, 3.63) is 41.7 Å². The molecule has 1 rings (SSSR count). The second-order valence-corrected chi connectivity index (χ2v) is 7.12. The highest BCUT2D eigenvalue weighted by atomic mass is 19.3. The molecule has 10 heteroatoms. The number of nitrogens with one attached hydrogen (secondary N) is 1. The highest BCUT2D eigenvalue weighted by molar-refractivity contribution is 5.82. The Bertz CT molecular complexity index is 718. The molecule has 0 aliphatic carbocycles. The first-order valence-corrected chi connectivity index (χ1v) is 9.04. The van der Waals surface area contributed by atoms with E-state index in [4.69, 9.17) is 18.9 Å². The molecule has 1 unspecified atom stereocenters. The summed E-state index contributed by atoms with van der Waals surface area (Å²) in [5.74, 6) is -7.08. The van der Waals surface area contributed by atoms with Gasteiger partial charge in [0.1, 0.15) is 5.60 Å². The van der Waals surface area contributed by atoms with Gasteiger partial charge in [0.15, 0.2) is 12.6 Å². The minimum absolute atomic E-state index is 0.0825. The van der Waals surface area contributed by atoms with Crippen molar-refractivity contribution in [1.82, 2.24) is 5.32 Å². The predicted molar refractivity (Wildman–Crippen MR) is 104 cm³/mol. The molecule has 0 aromatic heterocycles. The Morgan fingerprint density at radius 3 is 2.33 bits per heavy atom. The lowest BCUT2D eigenvalue weighted by molar-refractivity contribution is -0.153. The van der Waals surface area contributed by atoms with Gasteiger partial charge in [0, 0.05) is 7.11 Å². The van der Waals surface area contributed by atoms with Gasteiger partial charge in [-0.25, -0.2) is 9.59 Å². The fourth-order valence-electron chi connectivity index (χ4n) is 2.12. The standard InChI is InChI=1S/C20H27F2NO7/c1-19(2,3)30-18(26)23-16(17(24)25)20(21,22)15(29-13-28-11-10-27-4)12-14-8-6-5-7-9-14/h5-9,12,16H,10-11,13H2,1-4H3,(H,23,26)(H,24,25)/b15-12-. The maximum Gasteiger partial charge on any atom is 0.408 e. The minimum atomic E-state index is -4.12. The van der Waals surface area contributed by atoms with Gasteiger partial charge in [0.25, 0.3) is 0 Å². The third-order valence-electron chi connectivity index (χ3n) is 3.43. The second-order valence-electron chi connectivity index (χ2n) is 7.12. The maximum atomic E-state index is 15.1. The van der Waals surface area contributed by atoms with Crippen LogP contribution >= 0.6 is 0 Å². The smallest absolute Gasteiger partial charge is 0.408 e. The zero-order chi connectivity index (χ0) is 22.8. The lowest BCUT2D eigenvalue weighted by Crippen LogP contribution is -2.54. The predicted octanol–water partition coefficient (Wildman–Crippen LogP) is 3.28. The fraction of sp³-hybridized carbons (Fsp3) is 0.500. The van der Waals surface area contributed by atoms with Crippen molar-refractivity contribution >= 4 is 18.1 Å². The van der Waals surface area contributed by atoms with Gasteiger partial charge in [-0.15, -0.1) is 0 Å². The molecule has 0 fully saturated rings. The quantitative estimate of drug-likeness (QED) is 0.315. The van der Waals surface area contributed by atoms with E-state index in [1.165, 1.54) is 40.0 Å². The summed E-state index contributed by atoms with van der Waals surface area (Å²) in [5, 5.41) is 11.0. The minimum Gasteiger partial charge on any atom is -0.480 e. The van der Waals surface area contributed by atoms with Crippen LogP contribution in [0.5, 0.6) is 0 Å². The first-order chi connectivity index (χ1) is 14.0. The molecule has 8 nitrogen and oxygen atoms in total. The van der Waals surface area contributed by atoms with Crippen LogP contribution in [0.1, 0.15) is 26.3 Å². The van der Waals surface area contributed by atoms with E-state index < -0.39 is 42.2 Å². The summed E-state index contributed by atoms with van der Waals surface area (Å²) in [5.41, 5.74) is -0.665. The molecule has 0 saturated heterocycles. The van der Waals surface area contributed by atoms with E-state index in [0.717, 1.165) is 6.08 Å². The lowest BCUT2D eigenvalue weighted by Gasteiger charge is -2.28. The van der Waals surface area contributed by atoms with Crippen LogP contribution in [0, 0.1) is 0 Å². The van der Waals surface area contributed by atoms with Crippen LogP contribution in [0.15, 0.2) is 36.1 Å². The molecule has 1 amide bonds. The van der Waals surface area contributed by atoms with Crippen molar-refractivity contribution in [2.75, 3.05) is 27.1 Å². The average Bonchev–Trinajstić information content (AvgIpc) is 2.64. The van der Waals surface area contributed by atoms with E-state index in [9.17, 15) is 14.7 Å². The number of carboxylic acid groups (broad SMARTS) is 1. The molecule has 0 saturated carbocycles. The highest BCUT2D eigenvalue weighted by Crippen LogP contribution is 2.31. The Balaban J connectivity index is 3.13. The summed E-state index contributed by atoms with van der Waals surface area (Å²) >= 11 is 0. The lowest BCUT2D eigenvalue weighted by atomic mass is 10.1. The normalized spacial score (nSPS) is 13.5. The summed E-state index contributed by atoms with van der Waals surface area (Å²) in [6.07, 6.45) is -0.322. The molecule has 0 aliphatic rings. The van der Waals surface area contributed by atoms with E-state index in [1.807, 2.05) is 0 Å². The molecule has 1 atom stereocenters. The first kappa shape index (κ1) is 25.3. The highest BCUT2D eigenvalue weighted by Gasteiger charge is 2.51. The van der Waals surface area contributed by atoms with Crippen molar-refractivity contribution < 1.29 is 42.4 Å². The molecule has 0 heterocycles. The molecule has 0 spiro atoms. The van der Waals surface area contributed by atoms with Crippen molar-refractivity contribution in [3.8, 4) is 0 Å². The van der Waals surface area contributed by atoms with Crippen molar-refractivity contribution in [3.63, 3.8) is 0 Å². The first-order valence-electron chi connectivity index (χ1n) is 9.04. The summed E-state index contributed by atoms with van der Waals surface area (Å²) in [6.45, 7) is 4.27. The van der Waals surface area contributed by atoms with Crippen molar-refractivity contribution in [1.29, 1.82) is 0 Å². The molecular weight excluding hydrogens is 404 g/mol. The van der Waals surface area contributed by atoms with E-state index in [0.29, 0.717) is 5.56 Å². The maximum absolute atomic E-state index is 15.1. The van der Waals surface area contributed by atoms with E-state index in [2.05, 4.69) is 0 Å². The molecule has 30 heavy (non-hydrogen) atoms. The molecule has 1 aromatic carbocycles. The van der Waals surface area contributed by atoms with Crippen LogP contribution < -0.4 is 5.32 Å². The SMILES string of the molecule is COCCOCO/C(=C\c1ccccc1)C(F)(F)C(NC(=O)OC(C)(C)C)C(=O)O. The number of alkyl halides is 2. The van der Waals surface area contributed by atoms with Gasteiger partial charge in [-0.2, -0.15) is 8.78 Å². The number of methoxy groups -OCH3 is 1. The van der Waals surface area contributed by atoms with Gasteiger partial charge in [-0.3, -0.25) is 0 Å². The molecule has 168 valence electrons. The fourth-order valence-corrected chi connectivity index (χ4v) is 2.12. The van der Waals surface area contributed by atoms with Gasteiger partial charge in [-0.05, 0) is 32.4 Å². The number of ether oxygens (including phenoxy) is 4. The van der Waals surface area contributed by atoms with Crippen LogP contribution in [0.4, 0.5) is 13.6 Å². The molecule has 2 N–H and O–H groups in total. The van der Waals surface area contributed by atoms with Gasteiger partial charge < -0.3 is 29.4 Å². The summed E-state index contributed by atoms with van der Waals surface area (Å²) in [4.78, 5) is 23.4. The number of halogens is 2. The zero-order valence-electron chi connectivity index (χ0n) is 17.3. The number of rotatable bonds is 11. The van der Waals surface area contributed by atoms with E-state index in [-0.39, 0.29) is 13.2 Å². The van der Waals surface area contributed by atoms with E-state index >= 15 is 8.78 Å². The van der Waals surface area contributed by atoms with Crippen LogP contribution in [0.3, 0.4) is 0 Å². The van der Waals surface area contributed by atoms with Gasteiger partial charge in [0.2, 0.25) is 6.04 Å². The topological polar surface area (TPSA) is 103 Å². The number of carboxylic acids is 1.